The highest BCUT2D eigenvalue weighted by Gasteiger charge is 2.16. The fraction of sp³-hybridized carbons (Fsp3) is 0.769. The Hall–Kier alpha value is -0.430. The Morgan fingerprint density at radius 1 is 1.37 bits per heavy atom. The Kier molecular flexibility index (Phi) is 7.60. The van der Waals surface area contributed by atoms with E-state index in [1.165, 1.54) is 5.69 Å². The van der Waals surface area contributed by atoms with Crippen LogP contribution in [0.2, 0.25) is 0 Å². The highest BCUT2D eigenvalue weighted by Crippen LogP contribution is 2.23. The maximum Gasteiger partial charge on any atom is 0.0767 e. The SMILES string of the molecule is CCc1nn(CC)c(CN(CCO)CCOC)c1Br. The van der Waals surface area contributed by atoms with E-state index in [9.17, 15) is 0 Å². The summed E-state index contributed by atoms with van der Waals surface area (Å²) in [5, 5.41) is 13.7. The van der Waals surface area contributed by atoms with Crippen molar-refractivity contribution in [3.8, 4) is 0 Å². The predicted molar refractivity (Wildman–Crippen MR) is 79.2 cm³/mol. The maximum absolute atomic E-state index is 9.14. The Morgan fingerprint density at radius 3 is 2.63 bits per heavy atom. The molecule has 1 rings (SSSR count). The minimum atomic E-state index is 0.155. The van der Waals surface area contributed by atoms with Gasteiger partial charge in [-0.05, 0) is 29.3 Å². The van der Waals surface area contributed by atoms with Gasteiger partial charge in [-0.15, -0.1) is 0 Å². The normalized spacial score (nSPS) is 11.5. The number of aryl methyl sites for hydroxylation is 2. The largest absolute Gasteiger partial charge is 0.395 e. The van der Waals surface area contributed by atoms with Crippen LogP contribution in [0, 0.1) is 0 Å². The highest BCUT2D eigenvalue weighted by atomic mass is 79.9. The Morgan fingerprint density at radius 2 is 2.11 bits per heavy atom. The molecule has 0 aromatic carbocycles. The summed E-state index contributed by atoms with van der Waals surface area (Å²) < 4.78 is 8.23. The highest BCUT2D eigenvalue weighted by molar-refractivity contribution is 9.10. The zero-order valence-electron chi connectivity index (χ0n) is 12.0. The van der Waals surface area contributed by atoms with Crippen molar-refractivity contribution in [3.05, 3.63) is 15.9 Å². The monoisotopic (exact) mass is 333 g/mol. The summed E-state index contributed by atoms with van der Waals surface area (Å²) in [5.74, 6) is 0. The van der Waals surface area contributed by atoms with E-state index in [2.05, 4.69) is 39.8 Å². The van der Waals surface area contributed by atoms with Crippen LogP contribution in [0.4, 0.5) is 0 Å². The molecule has 1 N–H and O–H groups in total. The molecule has 0 aliphatic rings. The van der Waals surface area contributed by atoms with Gasteiger partial charge >= 0.3 is 0 Å². The molecular weight excluding hydrogens is 310 g/mol. The van der Waals surface area contributed by atoms with Crippen molar-refractivity contribution < 1.29 is 9.84 Å². The second-order valence-corrected chi connectivity index (χ2v) is 5.16. The molecule has 0 radical (unpaired) electrons. The van der Waals surface area contributed by atoms with Crippen molar-refractivity contribution >= 4 is 15.9 Å². The van der Waals surface area contributed by atoms with Crippen molar-refractivity contribution in [1.82, 2.24) is 14.7 Å². The third kappa shape index (κ3) is 4.56. The Labute approximate surface area is 123 Å². The molecule has 110 valence electrons. The summed E-state index contributed by atoms with van der Waals surface area (Å²) in [4.78, 5) is 2.18. The average molecular weight is 334 g/mol. The van der Waals surface area contributed by atoms with Crippen molar-refractivity contribution in [2.24, 2.45) is 0 Å². The number of halogens is 1. The van der Waals surface area contributed by atoms with Gasteiger partial charge in [0.15, 0.2) is 0 Å². The number of aliphatic hydroxyl groups is 1. The van der Waals surface area contributed by atoms with Gasteiger partial charge < -0.3 is 9.84 Å². The number of nitrogens with zero attached hydrogens (tertiary/aromatic N) is 3. The Bertz CT molecular complexity index is 382. The predicted octanol–water partition coefficient (Wildman–Crippen LogP) is 1.67. The molecule has 19 heavy (non-hydrogen) atoms. The minimum Gasteiger partial charge on any atom is -0.395 e. The first-order valence-corrected chi connectivity index (χ1v) is 7.53. The van der Waals surface area contributed by atoms with Crippen molar-refractivity contribution in [2.45, 2.75) is 33.4 Å². The third-order valence-electron chi connectivity index (χ3n) is 3.10. The third-order valence-corrected chi connectivity index (χ3v) is 4.01. The molecule has 0 bridgehead atoms. The number of ether oxygens (including phenoxy) is 1. The van der Waals surface area contributed by atoms with Gasteiger partial charge in [0, 0.05) is 33.3 Å². The summed E-state index contributed by atoms with van der Waals surface area (Å²) >= 11 is 3.65. The molecule has 0 aliphatic carbocycles. The molecule has 0 spiro atoms. The molecule has 0 amide bonds. The average Bonchev–Trinajstić information content (AvgIpc) is 2.72. The fourth-order valence-electron chi connectivity index (χ4n) is 2.01. The van der Waals surface area contributed by atoms with Gasteiger partial charge in [0.2, 0.25) is 0 Å². The number of aromatic nitrogens is 2. The number of methoxy groups -OCH3 is 1. The lowest BCUT2D eigenvalue weighted by molar-refractivity contribution is 0.125. The van der Waals surface area contributed by atoms with Crippen LogP contribution in [-0.2, 0) is 24.2 Å². The van der Waals surface area contributed by atoms with E-state index in [0.29, 0.717) is 13.2 Å². The number of aliphatic hydroxyl groups excluding tert-OH is 1. The van der Waals surface area contributed by atoms with Gasteiger partial charge in [-0.1, -0.05) is 6.92 Å². The number of hydrogen-bond donors (Lipinski definition) is 1. The van der Waals surface area contributed by atoms with Crippen LogP contribution in [0.25, 0.3) is 0 Å². The van der Waals surface area contributed by atoms with Gasteiger partial charge in [0.25, 0.3) is 0 Å². The van der Waals surface area contributed by atoms with Crippen molar-refractivity contribution in [1.29, 1.82) is 0 Å². The van der Waals surface area contributed by atoms with E-state index in [1.54, 1.807) is 7.11 Å². The van der Waals surface area contributed by atoms with E-state index < -0.39 is 0 Å². The Balaban J connectivity index is 2.84. The van der Waals surface area contributed by atoms with Crippen LogP contribution >= 0.6 is 15.9 Å². The molecule has 0 saturated heterocycles. The van der Waals surface area contributed by atoms with E-state index in [0.717, 1.165) is 36.2 Å². The minimum absolute atomic E-state index is 0.155. The van der Waals surface area contributed by atoms with Crippen LogP contribution in [0.1, 0.15) is 25.2 Å². The molecule has 1 aromatic heterocycles. The van der Waals surface area contributed by atoms with E-state index in [1.807, 2.05) is 4.68 Å². The summed E-state index contributed by atoms with van der Waals surface area (Å²) in [5.41, 5.74) is 2.26. The molecular formula is C13H24BrN3O2. The molecule has 0 atom stereocenters. The second-order valence-electron chi connectivity index (χ2n) is 4.37. The quantitative estimate of drug-likeness (QED) is 0.746. The molecule has 1 aromatic rings. The van der Waals surface area contributed by atoms with Gasteiger partial charge in [-0.2, -0.15) is 5.10 Å². The number of hydrogen-bond acceptors (Lipinski definition) is 4. The summed E-state index contributed by atoms with van der Waals surface area (Å²) in [6.07, 6.45) is 0.915. The molecule has 1 heterocycles. The van der Waals surface area contributed by atoms with Crippen molar-refractivity contribution in [3.63, 3.8) is 0 Å². The fourth-order valence-corrected chi connectivity index (χ4v) is 2.70. The first-order chi connectivity index (χ1) is 9.17. The molecule has 0 aliphatic heterocycles. The molecule has 0 unspecified atom stereocenters. The van der Waals surface area contributed by atoms with E-state index >= 15 is 0 Å². The summed E-state index contributed by atoms with van der Waals surface area (Å²) in [6, 6.07) is 0. The second kappa shape index (κ2) is 8.68. The lowest BCUT2D eigenvalue weighted by Gasteiger charge is -2.21. The van der Waals surface area contributed by atoms with Gasteiger partial charge in [-0.3, -0.25) is 9.58 Å². The lowest BCUT2D eigenvalue weighted by atomic mass is 10.3. The van der Waals surface area contributed by atoms with E-state index in [-0.39, 0.29) is 6.61 Å². The molecule has 0 fully saturated rings. The van der Waals surface area contributed by atoms with E-state index in [4.69, 9.17) is 9.84 Å². The first kappa shape index (κ1) is 16.6. The topological polar surface area (TPSA) is 50.5 Å². The zero-order chi connectivity index (χ0) is 14.3. The van der Waals surface area contributed by atoms with Crippen LogP contribution in [0.15, 0.2) is 4.47 Å². The lowest BCUT2D eigenvalue weighted by Crippen LogP contribution is -2.31. The smallest absolute Gasteiger partial charge is 0.0767 e. The zero-order valence-corrected chi connectivity index (χ0v) is 13.6. The van der Waals surface area contributed by atoms with Gasteiger partial charge in [-0.25, -0.2) is 0 Å². The van der Waals surface area contributed by atoms with Crippen LogP contribution < -0.4 is 0 Å². The maximum atomic E-state index is 9.14. The molecule has 5 nitrogen and oxygen atoms in total. The van der Waals surface area contributed by atoms with Crippen LogP contribution in [0.5, 0.6) is 0 Å². The molecule has 0 saturated carbocycles. The first-order valence-electron chi connectivity index (χ1n) is 6.74. The molecule has 6 heteroatoms. The van der Waals surface area contributed by atoms with Crippen molar-refractivity contribution in [2.75, 3.05) is 33.4 Å². The van der Waals surface area contributed by atoms with Crippen LogP contribution in [-0.4, -0.2) is 53.2 Å². The summed E-state index contributed by atoms with van der Waals surface area (Å²) in [7, 11) is 1.69. The van der Waals surface area contributed by atoms with Gasteiger partial charge in [0.05, 0.1) is 29.1 Å². The standard InChI is InChI=1S/C13H24BrN3O2/c1-4-11-13(14)12(17(5-2)15-11)10-16(6-8-18)7-9-19-3/h18H,4-10H2,1-3H3. The summed E-state index contributed by atoms with van der Waals surface area (Å²) in [6.45, 7) is 8.09. The van der Waals surface area contributed by atoms with Gasteiger partial charge in [0.1, 0.15) is 0 Å². The van der Waals surface area contributed by atoms with Crippen LogP contribution in [0.3, 0.4) is 0 Å². The number of rotatable bonds is 9.